The standard InChI is InChI=1S/C12H21NO3/c1-8(2)7-9(3)13(4)10(14)12(5-6-12)11(15)16/h8-9H,5-7H2,1-4H3,(H,15,16). The second-order valence-electron chi connectivity index (χ2n) is 5.28. The number of hydrogen-bond donors (Lipinski definition) is 1. The topological polar surface area (TPSA) is 57.6 Å². The predicted molar refractivity (Wildman–Crippen MR) is 61.0 cm³/mol. The lowest BCUT2D eigenvalue weighted by Crippen LogP contribution is -2.43. The van der Waals surface area contributed by atoms with Crippen molar-refractivity contribution in [1.82, 2.24) is 4.90 Å². The maximum atomic E-state index is 12.0. The lowest BCUT2D eigenvalue weighted by Gasteiger charge is -2.28. The molecule has 1 atom stereocenters. The Bertz CT molecular complexity index is 295. The van der Waals surface area contributed by atoms with Gasteiger partial charge in [0.05, 0.1) is 0 Å². The molecule has 0 aliphatic heterocycles. The second kappa shape index (κ2) is 4.44. The maximum absolute atomic E-state index is 12.0. The third-order valence-corrected chi connectivity index (χ3v) is 3.36. The van der Waals surface area contributed by atoms with Gasteiger partial charge >= 0.3 is 5.97 Å². The first-order valence-corrected chi connectivity index (χ1v) is 5.82. The Balaban J connectivity index is 2.64. The number of carbonyl (C=O) groups is 2. The molecule has 0 saturated heterocycles. The number of rotatable bonds is 5. The number of nitrogens with zero attached hydrogens (tertiary/aromatic N) is 1. The molecule has 0 aromatic rings. The van der Waals surface area contributed by atoms with E-state index in [1.807, 2.05) is 6.92 Å². The quantitative estimate of drug-likeness (QED) is 0.728. The second-order valence-corrected chi connectivity index (χ2v) is 5.28. The first-order valence-electron chi connectivity index (χ1n) is 5.82. The molecule has 1 rings (SSSR count). The third kappa shape index (κ3) is 2.36. The monoisotopic (exact) mass is 227 g/mol. The Morgan fingerprint density at radius 3 is 2.12 bits per heavy atom. The summed E-state index contributed by atoms with van der Waals surface area (Å²) in [5.41, 5.74) is -1.10. The summed E-state index contributed by atoms with van der Waals surface area (Å²) in [4.78, 5) is 24.7. The van der Waals surface area contributed by atoms with Gasteiger partial charge in [0.1, 0.15) is 5.41 Å². The minimum absolute atomic E-state index is 0.101. The summed E-state index contributed by atoms with van der Waals surface area (Å²) in [7, 11) is 1.71. The summed E-state index contributed by atoms with van der Waals surface area (Å²) in [6.45, 7) is 6.16. The van der Waals surface area contributed by atoms with E-state index in [9.17, 15) is 9.59 Å². The normalized spacial score (nSPS) is 19.3. The van der Waals surface area contributed by atoms with E-state index in [1.54, 1.807) is 11.9 Å². The Labute approximate surface area is 96.6 Å². The molecule has 1 unspecified atom stereocenters. The molecule has 1 aliphatic carbocycles. The fourth-order valence-electron chi connectivity index (χ4n) is 2.02. The average Bonchev–Trinajstić information content (AvgIpc) is 2.94. The zero-order valence-corrected chi connectivity index (χ0v) is 10.5. The van der Waals surface area contributed by atoms with Crippen LogP contribution in [0, 0.1) is 11.3 Å². The van der Waals surface area contributed by atoms with Crippen LogP contribution in [0.15, 0.2) is 0 Å². The van der Waals surface area contributed by atoms with Gasteiger partial charge in [0.15, 0.2) is 0 Å². The number of carboxylic acid groups (broad SMARTS) is 1. The van der Waals surface area contributed by atoms with Gasteiger partial charge in [0, 0.05) is 13.1 Å². The maximum Gasteiger partial charge on any atom is 0.319 e. The van der Waals surface area contributed by atoms with Crippen molar-refractivity contribution in [2.24, 2.45) is 11.3 Å². The molecule has 0 heterocycles. The van der Waals surface area contributed by atoms with Crippen molar-refractivity contribution in [3.63, 3.8) is 0 Å². The first-order chi connectivity index (χ1) is 7.31. The van der Waals surface area contributed by atoms with E-state index in [1.165, 1.54) is 0 Å². The summed E-state index contributed by atoms with van der Waals surface area (Å²) in [5.74, 6) is -0.695. The molecule has 1 aliphatic rings. The molecule has 1 N–H and O–H groups in total. The number of hydrogen-bond acceptors (Lipinski definition) is 2. The van der Waals surface area contributed by atoms with Gasteiger partial charge in [0.2, 0.25) is 5.91 Å². The molecule has 1 amide bonds. The van der Waals surface area contributed by atoms with Crippen molar-refractivity contribution in [3.05, 3.63) is 0 Å². The van der Waals surface area contributed by atoms with Crippen LogP contribution in [0.25, 0.3) is 0 Å². The molecular formula is C12H21NO3. The Hall–Kier alpha value is -1.06. The zero-order chi connectivity index (χ0) is 12.5. The molecule has 0 aromatic heterocycles. The summed E-state index contributed by atoms with van der Waals surface area (Å²) in [6.07, 6.45) is 1.87. The smallest absolute Gasteiger partial charge is 0.319 e. The highest BCUT2D eigenvalue weighted by Gasteiger charge is 2.58. The highest BCUT2D eigenvalue weighted by molar-refractivity contribution is 6.04. The highest BCUT2D eigenvalue weighted by Crippen LogP contribution is 2.47. The molecule has 0 bridgehead atoms. The largest absolute Gasteiger partial charge is 0.480 e. The molecule has 0 aromatic carbocycles. The van der Waals surface area contributed by atoms with Gasteiger partial charge in [-0.15, -0.1) is 0 Å². The molecule has 16 heavy (non-hydrogen) atoms. The third-order valence-electron chi connectivity index (χ3n) is 3.36. The van der Waals surface area contributed by atoms with E-state index < -0.39 is 11.4 Å². The van der Waals surface area contributed by atoms with Gasteiger partial charge in [-0.05, 0) is 32.1 Å². The molecule has 0 spiro atoms. The van der Waals surface area contributed by atoms with Gasteiger partial charge in [0.25, 0.3) is 0 Å². The fourth-order valence-corrected chi connectivity index (χ4v) is 2.02. The van der Waals surface area contributed by atoms with Crippen LogP contribution in [0.2, 0.25) is 0 Å². The summed E-state index contributed by atoms with van der Waals surface area (Å²) >= 11 is 0. The summed E-state index contributed by atoms with van der Waals surface area (Å²) in [5, 5.41) is 9.04. The van der Waals surface area contributed by atoms with Crippen LogP contribution in [-0.4, -0.2) is 35.0 Å². The van der Waals surface area contributed by atoms with Crippen molar-refractivity contribution in [3.8, 4) is 0 Å². The number of carboxylic acids is 1. The van der Waals surface area contributed by atoms with E-state index in [0.29, 0.717) is 18.8 Å². The van der Waals surface area contributed by atoms with E-state index >= 15 is 0 Å². The average molecular weight is 227 g/mol. The fraction of sp³-hybridized carbons (Fsp3) is 0.833. The SMILES string of the molecule is CC(C)CC(C)N(C)C(=O)C1(C(=O)O)CC1. The van der Waals surface area contributed by atoms with E-state index in [2.05, 4.69) is 13.8 Å². The molecule has 0 radical (unpaired) electrons. The lowest BCUT2D eigenvalue weighted by molar-refractivity contribution is -0.153. The Morgan fingerprint density at radius 1 is 1.31 bits per heavy atom. The number of carbonyl (C=O) groups excluding carboxylic acids is 1. The van der Waals surface area contributed by atoms with Gasteiger partial charge in [-0.25, -0.2) is 0 Å². The van der Waals surface area contributed by atoms with Crippen molar-refractivity contribution in [2.75, 3.05) is 7.05 Å². The van der Waals surface area contributed by atoms with Crippen LogP contribution in [0.3, 0.4) is 0 Å². The lowest BCUT2D eigenvalue weighted by atomic mass is 10.0. The van der Waals surface area contributed by atoms with E-state index in [4.69, 9.17) is 5.11 Å². The molecular weight excluding hydrogens is 206 g/mol. The van der Waals surface area contributed by atoms with Crippen LogP contribution >= 0.6 is 0 Å². The van der Waals surface area contributed by atoms with Crippen LogP contribution < -0.4 is 0 Å². The van der Waals surface area contributed by atoms with Crippen LogP contribution in [0.4, 0.5) is 0 Å². The van der Waals surface area contributed by atoms with Gasteiger partial charge in [-0.2, -0.15) is 0 Å². The molecule has 1 fully saturated rings. The molecule has 92 valence electrons. The van der Waals surface area contributed by atoms with E-state index in [0.717, 1.165) is 6.42 Å². The van der Waals surface area contributed by atoms with Gasteiger partial charge in [-0.1, -0.05) is 13.8 Å². The van der Waals surface area contributed by atoms with Gasteiger partial charge < -0.3 is 10.0 Å². The predicted octanol–water partition coefficient (Wildman–Crippen LogP) is 1.74. The van der Waals surface area contributed by atoms with Crippen LogP contribution in [0.1, 0.15) is 40.0 Å². The van der Waals surface area contributed by atoms with Crippen molar-refractivity contribution < 1.29 is 14.7 Å². The van der Waals surface area contributed by atoms with Crippen LogP contribution in [0.5, 0.6) is 0 Å². The van der Waals surface area contributed by atoms with Crippen molar-refractivity contribution in [2.45, 2.75) is 46.1 Å². The van der Waals surface area contributed by atoms with Crippen molar-refractivity contribution >= 4 is 11.9 Å². The summed E-state index contributed by atoms with van der Waals surface area (Å²) in [6, 6.07) is 0.101. The molecule has 4 heteroatoms. The molecule has 1 saturated carbocycles. The summed E-state index contributed by atoms with van der Waals surface area (Å²) < 4.78 is 0. The Kier molecular flexibility index (Phi) is 3.61. The minimum atomic E-state index is -1.10. The first kappa shape index (κ1) is 13.0. The van der Waals surface area contributed by atoms with Crippen molar-refractivity contribution in [1.29, 1.82) is 0 Å². The van der Waals surface area contributed by atoms with Crippen LogP contribution in [-0.2, 0) is 9.59 Å². The van der Waals surface area contributed by atoms with Gasteiger partial charge in [-0.3, -0.25) is 9.59 Å². The number of amides is 1. The Morgan fingerprint density at radius 2 is 1.81 bits per heavy atom. The van der Waals surface area contributed by atoms with E-state index in [-0.39, 0.29) is 11.9 Å². The minimum Gasteiger partial charge on any atom is -0.480 e. The highest BCUT2D eigenvalue weighted by atomic mass is 16.4. The zero-order valence-electron chi connectivity index (χ0n) is 10.5. The number of aliphatic carboxylic acids is 1. The molecule has 4 nitrogen and oxygen atoms in total.